The summed E-state index contributed by atoms with van der Waals surface area (Å²) in [7, 11) is 0. The Balaban J connectivity index is 3.69. The predicted octanol–water partition coefficient (Wildman–Crippen LogP) is 0.772. The van der Waals surface area contributed by atoms with Gasteiger partial charge >= 0.3 is 5.97 Å². The van der Waals surface area contributed by atoms with Crippen LogP contribution in [0, 0.1) is 10.1 Å². The second kappa shape index (κ2) is 5.29. The van der Waals surface area contributed by atoms with Crippen LogP contribution >= 0.6 is 0 Å². The first-order valence-corrected chi connectivity index (χ1v) is 3.43. The van der Waals surface area contributed by atoms with Crippen LogP contribution in [0.15, 0.2) is 11.6 Å². The zero-order chi connectivity index (χ0) is 9.56. The Labute approximate surface area is 70.2 Å². The van der Waals surface area contributed by atoms with Gasteiger partial charge in [0.2, 0.25) is 6.54 Å². The molecular weight excluding hydrogens is 162 g/mol. The molecule has 0 rings (SSSR count). The van der Waals surface area contributed by atoms with E-state index in [1.165, 1.54) is 13.0 Å². The van der Waals surface area contributed by atoms with Crippen LogP contribution in [0.2, 0.25) is 0 Å². The topological polar surface area (TPSA) is 69.4 Å². The molecular formula is C7H11NO4. The van der Waals surface area contributed by atoms with Crippen LogP contribution in [0.1, 0.15) is 13.8 Å². The van der Waals surface area contributed by atoms with Crippen molar-refractivity contribution < 1.29 is 14.5 Å². The van der Waals surface area contributed by atoms with Crippen molar-refractivity contribution in [2.24, 2.45) is 0 Å². The lowest BCUT2D eigenvalue weighted by molar-refractivity contribution is -0.470. The van der Waals surface area contributed by atoms with E-state index in [0.29, 0.717) is 5.57 Å². The van der Waals surface area contributed by atoms with Crippen LogP contribution in [0.5, 0.6) is 0 Å². The lowest BCUT2D eigenvalue weighted by Gasteiger charge is -1.96. The maximum atomic E-state index is 10.3. The normalized spacial score (nSPS) is 11.0. The minimum Gasteiger partial charge on any atom is -0.462 e. The van der Waals surface area contributed by atoms with E-state index in [-0.39, 0.29) is 19.1 Å². The standard InChI is InChI=1S/C7H11NO4/c1-6(5-8(10)11)3-4-12-7(2)9/h3H,4-5H2,1-2H3/b6-3+. The summed E-state index contributed by atoms with van der Waals surface area (Å²) >= 11 is 0. The van der Waals surface area contributed by atoms with E-state index in [9.17, 15) is 14.9 Å². The summed E-state index contributed by atoms with van der Waals surface area (Å²) < 4.78 is 4.56. The van der Waals surface area contributed by atoms with E-state index < -0.39 is 4.92 Å². The Bertz CT molecular complexity index is 209. The summed E-state index contributed by atoms with van der Waals surface area (Å²) in [6.07, 6.45) is 1.52. The molecule has 0 unspecified atom stereocenters. The highest BCUT2D eigenvalue weighted by molar-refractivity contribution is 5.66. The van der Waals surface area contributed by atoms with Crippen molar-refractivity contribution in [1.82, 2.24) is 0 Å². The Morgan fingerprint density at radius 3 is 2.58 bits per heavy atom. The molecule has 0 bridgehead atoms. The fourth-order valence-corrected chi connectivity index (χ4v) is 0.569. The van der Waals surface area contributed by atoms with Crippen molar-refractivity contribution in [3.63, 3.8) is 0 Å². The van der Waals surface area contributed by atoms with Gasteiger partial charge in [-0.1, -0.05) is 0 Å². The lowest BCUT2D eigenvalue weighted by atomic mass is 10.3. The van der Waals surface area contributed by atoms with Crippen molar-refractivity contribution in [3.05, 3.63) is 21.8 Å². The molecule has 0 radical (unpaired) electrons. The number of carbonyl (C=O) groups excluding carboxylic acids is 1. The molecule has 0 aliphatic heterocycles. The van der Waals surface area contributed by atoms with E-state index in [2.05, 4.69) is 4.74 Å². The fourth-order valence-electron chi connectivity index (χ4n) is 0.569. The zero-order valence-electron chi connectivity index (χ0n) is 7.07. The summed E-state index contributed by atoms with van der Waals surface area (Å²) in [5.74, 6) is -0.389. The fraction of sp³-hybridized carbons (Fsp3) is 0.571. The van der Waals surface area contributed by atoms with E-state index in [1.54, 1.807) is 6.92 Å². The van der Waals surface area contributed by atoms with Crippen LogP contribution in [-0.2, 0) is 9.53 Å². The average molecular weight is 173 g/mol. The highest BCUT2D eigenvalue weighted by Crippen LogP contribution is 1.92. The van der Waals surface area contributed by atoms with Gasteiger partial charge in [0.05, 0.1) is 0 Å². The lowest BCUT2D eigenvalue weighted by Crippen LogP contribution is -2.04. The average Bonchev–Trinajstić information content (AvgIpc) is 1.84. The van der Waals surface area contributed by atoms with Crippen LogP contribution in [0.4, 0.5) is 0 Å². The highest BCUT2D eigenvalue weighted by atomic mass is 16.6. The Morgan fingerprint density at radius 1 is 1.58 bits per heavy atom. The third kappa shape index (κ3) is 6.73. The van der Waals surface area contributed by atoms with Gasteiger partial charge in [0.15, 0.2) is 0 Å². The monoisotopic (exact) mass is 173 g/mol. The van der Waals surface area contributed by atoms with Crippen LogP contribution in [0.25, 0.3) is 0 Å². The molecule has 0 aliphatic rings. The number of rotatable bonds is 4. The Kier molecular flexibility index (Phi) is 4.67. The second-order valence-corrected chi connectivity index (χ2v) is 2.34. The molecule has 0 atom stereocenters. The first kappa shape index (κ1) is 10.6. The quantitative estimate of drug-likeness (QED) is 0.272. The van der Waals surface area contributed by atoms with Gasteiger partial charge in [0.25, 0.3) is 0 Å². The Morgan fingerprint density at radius 2 is 2.17 bits per heavy atom. The van der Waals surface area contributed by atoms with Crippen molar-refractivity contribution in [2.45, 2.75) is 13.8 Å². The van der Waals surface area contributed by atoms with Gasteiger partial charge in [-0.15, -0.1) is 0 Å². The highest BCUT2D eigenvalue weighted by Gasteiger charge is 1.98. The summed E-state index contributed by atoms with van der Waals surface area (Å²) in [6.45, 7) is 2.80. The Hall–Kier alpha value is -1.39. The van der Waals surface area contributed by atoms with Crippen molar-refractivity contribution in [3.8, 4) is 0 Å². The number of nitrogens with zero attached hydrogens (tertiary/aromatic N) is 1. The predicted molar refractivity (Wildman–Crippen MR) is 42.3 cm³/mol. The van der Waals surface area contributed by atoms with Gasteiger partial charge in [-0.3, -0.25) is 14.9 Å². The second-order valence-electron chi connectivity index (χ2n) is 2.34. The number of hydrogen-bond donors (Lipinski definition) is 0. The molecule has 0 N–H and O–H groups in total. The molecule has 0 aromatic carbocycles. The van der Waals surface area contributed by atoms with Crippen LogP contribution in [0.3, 0.4) is 0 Å². The molecule has 5 nitrogen and oxygen atoms in total. The number of nitro groups is 1. The third-order valence-corrected chi connectivity index (χ3v) is 1.10. The number of hydrogen-bond acceptors (Lipinski definition) is 4. The minimum absolute atomic E-state index is 0.106. The molecule has 0 amide bonds. The first-order chi connectivity index (χ1) is 5.52. The number of ether oxygens (including phenoxy) is 1. The van der Waals surface area contributed by atoms with Gasteiger partial charge in [-0.25, -0.2) is 0 Å². The molecule has 68 valence electrons. The van der Waals surface area contributed by atoms with Crippen LogP contribution in [-0.4, -0.2) is 24.0 Å². The molecule has 0 fully saturated rings. The van der Waals surface area contributed by atoms with Gasteiger partial charge in [-0.05, 0) is 18.6 Å². The number of carbonyl (C=O) groups is 1. The molecule has 0 aliphatic carbocycles. The largest absolute Gasteiger partial charge is 0.462 e. The van der Waals surface area contributed by atoms with E-state index in [0.717, 1.165) is 0 Å². The van der Waals surface area contributed by atoms with Crippen molar-refractivity contribution >= 4 is 5.97 Å². The molecule has 0 heterocycles. The maximum Gasteiger partial charge on any atom is 0.302 e. The first-order valence-electron chi connectivity index (χ1n) is 3.43. The molecule has 5 heteroatoms. The summed E-state index contributed by atoms with van der Waals surface area (Å²) in [5.41, 5.74) is 0.584. The SMILES string of the molecule is CC(=O)OC/C=C(\C)C[N+](=O)[O-]. The number of esters is 1. The maximum absolute atomic E-state index is 10.3. The molecule has 12 heavy (non-hydrogen) atoms. The van der Waals surface area contributed by atoms with Gasteiger partial charge in [0.1, 0.15) is 6.61 Å². The molecule has 0 saturated carbocycles. The molecule has 0 aromatic heterocycles. The molecule has 0 saturated heterocycles. The molecule has 0 aromatic rings. The third-order valence-electron chi connectivity index (χ3n) is 1.10. The van der Waals surface area contributed by atoms with Gasteiger partial charge < -0.3 is 4.74 Å². The van der Waals surface area contributed by atoms with E-state index >= 15 is 0 Å². The zero-order valence-corrected chi connectivity index (χ0v) is 7.07. The van der Waals surface area contributed by atoms with Gasteiger partial charge in [0, 0.05) is 11.8 Å². The summed E-state index contributed by atoms with van der Waals surface area (Å²) in [5, 5.41) is 9.96. The van der Waals surface area contributed by atoms with Crippen molar-refractivity contribution in [1.29, 1.82) is 0 Å². The molecule has 0 spiro atoms. The van der Waals surface area contributed by atoms with E-state index in [1.807, 2.05) is 0 Å². The summed E-state index contributed by atoms with van der Waals surface area (Å²) in [6, 6.07) is 0. The smallest absolute Gasteiger partial charge is 0.302 e. The van der Waals surface area contributed by atoms with E-state index in [4.69, 9.17) is 0 Å². The van der Waals surface area contributed by atoms with Crippen LogP contribution < -0.4 is 0 Å². The summed E-state index contributed by atoms with van der Waals surface area (Å²) in [4.78, 5) is 19.8. The minimum atomic E-state index is -0.431. The van der Waals surface area contributed by atoms with Gasteiger partial charge in [-0.2, -0.15) is 0 Å². The van der Waals surface area contributed by atoms with Crippen molar-refractivity contribution in [2.75, 3.05) is 13.2 Å².